The van der Waals surface area contributed by atoms with Crippen molar-refractivity contribution in [2.75, 3.05) is 39.3 Å². The van der Waals surface area contributed by atoms with Crippen LogP contribution in [0.4, 0.5) is 4.79 Å². The molecule has 1 aromatic carbocycles. The number of hydrogen-bond acceptors (Lipinski definition) is 4. The highest BCUT2D eigenvalue weighted by Gasteiger charge is 2.21. The lowest BCUT2D eigenvalue weighted by Gasteiger charge is -2.34. The molecule has 1 heterocycles. The molecule has 1 unspecified atom stereocenters. The van der Waals surface area contributed by atoms with Crippen molar-refractivity contribution in [2.24, 2.45) is 0 Å². The van der Waals surface area contributed by atoms with Gasteiger partial charge in [0, 0.05) is 32.7 Å². The van der Waals surface area contributed by atoms with Crippen molar-refractivity contribution in [1.29, 1.82) is 0 Å². The lowest BCUT2D eigenvalue weighted by molar-refractivity contribution is 0.110. The summed E-state index contributed by atoms with van der Waals surface area (Å²) in [7, 11) is 0. The van der Waals surface area contributed by atoms with E-state index in [1.807, 2.05) is 19.1 Å². The first-order valence-corrected chi connectivity index (χ1v) is 8.65. The second-order valence-corrected chi connectivity index (χ2v) is 6.49. The van der Waals surface area contributed by atoms with Gasteiger partial charge in [-0.1, -0.05) is 26.0 Å². The van der Waals surface area contributed by atoms with Gasteiger partial charge in [-0.25, -0.2) is 4.79 Å². The minimum atomic E-state index is -0.391. The molecule has 1 aromatic rings. The third kappa shape index (κ3) is 5.39. The number of urea groups is 1. The summed E-state index contributed by atoms with van der Waals surface area (Å²) in [6, 6.07) is 7.87. The Hall–Kier alpha value is -1.79. The van der Waals surface area contributed by atoms with Gasteiger partial charge in [-0.3, -0.25) is 4.90 Å². The van der Waals surface area contributed by atoms with E-state index in [1.54, 1.807) is 4.90 Å². The third-order valence-electron chi connectivity index (χ3n) is 4.26. The van der Waals surface area contributed by atoms with E-state index in [-0.39, 0.29) is 12.6 Å². The third-order valence-corrected chi connectivity index (χ3v) is 4.26. The number of β-amino-alcohol motifs (C(OH)–C–C–N with tert-alkyl or cyclic N) is 1. The number of rotatable bonds is 6. The van der Waals surface area contributed by atoms with Gasteiger partial charge in [0.15, 0.2) is 6.23 Å². The van der Waals surface area contributed by atoms with Crippen molar-refractivity contribution in [3.63, 3.8) is 0 Å². The van der Waals surface area contributed by atoms with Crippen LogP contribution in [0.5, 0.6) is 5.75 Å². The predicted octanol–water partition coefficient (Wildman–Crippen LogP) is 1.85. The second kappa shape index (κ2) is 8.89. The van der Waals surface area contributed by atoms with Gasteiger partial charge in [-0.05, 0) is 30.5 Å². The highest BCUT2D eigenvalue weighted by atomic mass is 16.5. The molecule has 0 aliphatic carbocycles. The molecular weight excluding hydrogens is 306 g/mol. The van der Waals surface area contributed by atoms with Crippen LogP contribution in [0.3, 0.4) is 0 Å². The number of aliphatic hydroxyl groups excluding tert-OH is 1. The fourth-order valence-electron chi connectivity index (χ4n) is 2.75. The van der Waals surface area contributed by atoms with Crippen LogP contribution in [0.25, 0.3) is 0 Å². The summed E-state index contributed by atoms with van der Waals surface area (Å²) in [5, 5.41) is 11.8. The Kier molecular flexibility index (Phi) is 6.87. The molecule has 1 saturated heterocycles. The zero-order valence-electron chi connectivity index (χ0n) is 14.9. The highest BCUT2D eigenvalue weighted by molar-refractivity contribution is 5.74. The van der Waals surface area contributed by atoms with E-state index < -0.39 is 6.23 Å². The first-order valence-electron chi connectivity index (χ1n) is 8.65. The standard InChI is InChI=1S/C18H29N3O3/c1-14(2)16-4-6-17(7-5-16)24-15(3)19-18(23)21-10-8-20(9-11-21)12-13-22/h4-7,14-15,22H,8-13H2,1-3H3,(H,19,23). The molecule has 1 fully saturated rings. The number of benzene rings is 1. The Bertz CT molecular complexity index is 511. The molecule has 24 heavy (non-hydrogen) atoms. The number of piperazine rings is 1. The first-order chi connectivity index (χ1) is 11.5. The smallest absolute Gasteiger partial charge is 0.320 e. The van der Waals surface area contributed by atoms with Crippen LogP contribution < -0.4 is 10.1 Å². The first kappa shape index (κ1) is 18.5. The fraction of sp³-hybridized carbons (Fsp3) is 0.611. The molecule has 6 nitrogen and oxygen atoms in total. The van der Waals surface area contributed by atoms with E-state index in [2.05, 4.69) is 36.2 Å². The predicted molar refractivity (Wildman–Crippen MR) is 94.3 cm³/mol. The molecule has 0 spiro atoms. The van der Waals surface area contributed by atoms with Crippen LogP contribution >= 0.6 is 0 Å². The molecule has 1 aliphatic heterocycles. The van der Waals surface area contributed by atoms with Crippen molar-refractivity contribution in [2.45, 2.75) is 32.9 Å². The van der Waals surface area contributed by atoms with Crippen molar-refractivity contribution in [3.05, 3.63) is 29.8 Å². The van der Waals surface area contributed by atoms with Crippen LogP contribution in [0.15, 0.2) is 24.3 Å². The average Bonchev–Trinajstić information content (AvgIpc) is 2.56. The van der Waals surface area contributed by atoms with Crippen molar-refractivity contribution in [1.82, 2.24) is 15.1 Å². The summed E-state index contributed by atoms with van der Waals surface area (Å²) in [6.07, 6.45) is -0.391. The molecule has 0 bridgehead atoms. The van der Waals surface area contributed by atoms with Gasteiger partial charge < -0.3 is 20.1 Å². The van der Waals surface area contributed by atoms with Crippen LogP contribution in [0.1, 0.15) is 32.3 Å². The van der Waals surface area contributed by atoms with Crippen molar-refractivity contribution in [3.8, 4) is 5.75 Å². The number of nitrogens with one attached hydrogen (secondary N) is 1. The molecule has 1 aliphatic rings. The van der Waals surface area contributed by atoms with Gasteiger partial charge in [0.2, 0.25) is 0 Å². The minimum Gasteiger partial charge on any atom is -0.471 e. The van der Waals surface area contributed by atoms with Crippen LogP contribution in [-0.4, -0.2) is 66.5 Å². The SMILES string of the molecule is CC(NC(=O)N1CCN(CCO)CC1)Oc1ccc(C(C)C)cc1. The molecule has 2 N–H and O–H groups in total. The Morgan fingerprint density at radius 1 is 1.17 bits per heavy atom. The Morgan fingerprint density at radius 2 is 1.79 bits per heavy atom. The minimum absolute atomic E-state index is 0.107. The number of carbonyl (C=O) groups excluding carboxylic acids is 1. The number of carbonyl (C=O) groups is 1. The molecule has 2 amide bonds. The highest BCUT2D eigenvalue weighted by Crippen LogP contribution is 2.19. The monoisotopic (exact) mass is 335 g/mol. The Morgan fingerprint density at radius 3 is 2.33 bits per heavy atom. The van der Waals surface area contributed by atoms with Gasteiger partial charge in [0.1, 0.15) is 5.75 Å². The average molecular weight is 335 g/mol. The van der Waals surface area contributed by atoms with Gasteiger partial charge >= 0.3 is 6.03 Å². The number of nitrogens with zero attached hydrogens (tertiary/aromatic N) is 2. The summed E-state index contributed by atoms with van der Waals surface area (Å²) in [5.74, 6) is 1.24. The van der Waals surface area contributed by atoms with Gasteiger partial charge in [-0.15, -0.1) is 0 Å². The van der Waals surface area contributed by atoms with Crippen molar-refractivity contribution < 1.29 is 14.6 Å². The van der Waals surface area contributed by atoms with E-state index in [1.165, 1.54) is 5.56 Å². The number of aliphatic hydroxyl groups is 1. The molecule has 0 radical (unpaired) electrons. The molecule has 2 rings (SSSR count). The van der Waals surface area contributed by atoms with E-state index >= 15 is 0 Å². The fourth-order valence-corrected chi connectivity index (χ4v) is 2.75. The number of ether oxygens (including phenoxy) is 1. The van der Waals surface area contributed by atoms with E-state index in [0.717, 1.165) is 18.8 Å². The molecule has 134 valence electrons. The zero-order valence-corrected chi connectivity index (χ0v) is 14.9. The zero-order chi connectivity index (χ0) is 17.5. The van der Waals surface area contributed by atoms with Crippen LogP contribution in [0, 0.1) is 0 Å². The van der Waals surface area contributed by atoms with Gasteiger partial charge in [0.05, 0.1) is 6.61 Å². The Balaban J connectivity index is 1.77. The molecular formula is C18H29N3O3. The normalized spacial score (nSPS) is 17.0. The maximum Gasteiger partial charge on any atom is 0.320 e. The number of hydrogen-bond donors (Lipinski definition) is 2. The summed E-state index contributed by atoms with van der Waals surface area (Å²) in [5.41, 5.74) is 1.26. The van der Waals surface area contributed by atoms with E-state index in [0.29, 0.717) is 25.6 Å². The quantitative estimate of drug-likeness (QED) is 0.779. The maximum atomic E-state index is 12.3. The Labute approximate surface area is 144 Å². The van der Waals surface area contributed by atoms with E-state index in [4.69, 9.17) is 9.84 Å². The number of amides is 2. The largest absolute Gasteiger partial charge is 0.471 e. The topological polar surface area (TPSA) is 65.0 Å². The maximum absolute atomic E-state index is 12.3. The summed E-state index contributed by atoms with van der Waals surface area (Å²) >= 11 is 0. The van der Waals surface area contributed by atoms with Gasteiger partial charge in [0.25, 0.3) is 0 Å². The van der Waals surface area contributed by atoms with E-state index in [9.17, 15) is 4.79 Å². The lowest BCUT2D eigenvalue weighted by Crippen LogP contribution is -2.54. The lowest BCUT2D eigenvalue weighted by atomic mass is 10.0. The summed E-state index contributed by atoms with van der Waals surface area (Å²) in [6.45, 7) is 9.88. The second-order valence-electron chi connectivity index (χ2n) is 6.49. The molecule has 0 aromatic heterocycles. The van der Waals surface area contributed by atoms with Crippen molar-refractivity contribution >= 4 is 6.03 Å². The van der Waals surface area contributed by atoms with Crippen LogP contribution in [0.2, 0.25) is 0 Å². The summed E-state index contributed by atoms with van der Waals surface area (Å²) < 4.78 is 5.77. The molecule has 1 atom stereocenters. The van der Waals surface area contributed by atoms with Crippen LogP contribution in [-0.2, 0) is 0 Å². The molecule has 0 saturated carbocycles. The summed E-state index contributed by atoms with van der Waals surface area (Å²) in [4.78, 5) is 16.2. The van der Waals surface area contributed by atoms with Gasteiger partial charge in [-0.2, -0.15) is 0 Å². The molecule has 6 heteroatoms.